The van der Waals surface area contributed by atoms with Crippen molar-refractivity contribution >= 4 is 21.6 Å². The van der Waals surface area contributed by atoms with Crippen LogP contribution >= 0.6 is 11.5 Å². The smallest absolute Gasteiger partial charge is 0.387 e. The van der Waals surface area contributed by atoms with Gasteiger partial charge in [-0.15, -0.1) is 0 Å². The minimum absolute atomic E-state index is 0.0581. The Balaban J connectivity index is 2.47. The van der Waals surface area contributed by atoms with Crippen molar-refractivity contribution in [2.75, 3.05) is 0 Å². The lowest BCUT2D eigenvalue weighted by Gasteiger charge is -2.02. The van der Waals surface area contributed by atoms with Crippen LogP contribution in [0.5, 0.6) is 5.75 Å². The fourth-order valence-electron chi connectivity index (χ4n) is 1.11. The van der Waals surface area contributed by atoms with Crippen LogP contribution in [0.15, 0.2) is 23.0 Å². The maximum Gasteiger partial charge on any atom is 0.387 e. The predicted molar refractivity (Wildman–Crippen MR) is 49.1 cm³/mol. The van der Waals surface area contributed by atoms with Crippen LogP contribution in [0.25, 0.3) is 10.1 Å². The second-order valence-electron chi connectivity index (χ2n) is 2.57. The van der Waals surface area contributed by atoms with E-state index in [4.69, 9.17) is 0 Å². The zero-order valence-corrected chi connectivity index (χ0v) is 7.61. The molecule has 2 aromatic rings. The Bertz CT molecular complexity index is 505. The number of hydrogen-bond acceptors (Lipinski definition) is 3. The molecule has 0 spiro atoms. The summed E-state index contributed by atoms with van der Waals surface area (Å²) in [4.78, 5) is 11.1. The number of rotatable bonds is 2. The minimum Gasteiger partial charge on any atom is -0.435 e. The molecule has 1 aromatic carbocycles. The molecule has 0 unspecified atom stereocenters. The number of ether oxygens (including phenoxy) is 1. The van der Waals surface area contributed by atoms with Crippen LogP contribution in [0.1, 0.15) is 0 Å². The summed E-state index contributed by atoms with van der Waals surface area (Å²) in [5, 5.41) is 0.483. The molecular weight excluding hydrogens is 212 g/mol. The highest BCUT2D eigenvalue weighted by atomic mass is 32.1. The zero-order valence-electron chi connectivity index (χ0n) is 6.79. The minimum atomic E-state index is -2.84. The third-order valence-corrected chi connectivity index (χ3v) is 2.52. The Morgan fingerprint density at radius 2 is 2.21 bits per heavy atom. The van der Waals surface area contributed by atoms with Crippen molar-refractivity contribution in [2.24, 2.45) is 0 Å². The SMILES string of the molecule is O=c1[nH]sc2cc(OC(F)F)ccc12. The molecule has 0 amide bonds. The molecule has 0 aliphatic carbocycles. The highest BCUT2D eigenvalue weighted by molar-refractivity contribution is 7.13. The summed E-state index contributed by atoms with van der Waals surface area (Å²) in [6, 6.07) is 4.21. The van der Waals surface area contributed by atoms with Crippen molar-refractivity contribution in [1.82, 2.24) is 4.37 Å². The quantitative estimate of drug-likeness (QED) is 0.837. The Morgan fingerprint density at radius 3 is 2.93 bits per heavy atom. The van der Waals surface area contributed by atoms with E-state index < -0.39 is 6.61 Å². The Morgan fingerprint density at radius 1 is 1.43 bits per heavy atom. The van der Waals surface area contributed by atoms with Gasteiger partial charge in [0, 0.05) is 0 Å². The van der Waals surface area contributed by atoms with Crippen LogP contribution in [0.3, 0.4) is 0 Å². The summed E-state index contributed by atoms with van der Waals surface area (Å²) in [5.41, 5.74) is -0.214. The molecule has 1 N–H and O–H groups in total. The van der Waals surface area contributed by atoms with Gasteiger partial charge in [0.15, 0.2) is 0 Å². The standard InChI is InChI=1S/C8H5F2NO2S/c9-8(10)13-4-1-2-5-6(3-4)14-11-7(5)12/h1-3,8H,(H,11,12). The summed E-state index contributed by atoms with van der Waals surface area (Å²) in [5.74, 6) is 0.0581. The Kier molecular flexibility index (Phi) is 2.20. The molecule has 0 saturated heterocycles. The van der Waals surface area contributed by atoms with Gasteiger partial charge in [0.2, 0.25) is 0 Å². The van der Waals surface area contributed by atoms with Gasteiger partial charge < -0.3 is 4.74 Å². The summed E-state index contributed by atoms with van der Waals surface area (Å²) in [7, 11) is 0. The number of aromatic amines is 1. The number of halogens is 2. The van der Waals surface area contributed by atoms with Gasteiger partial charge in [0.05, 0.1) is 10.1 Å². The highest BCUT2D eigenvalue weighted by Gasteiger charge is 2.06. The van der Waals surface area contributed by atoms with Gasteiger partial charge in [-0.1, -0.05) is 11.5 Å². The third-order valence-electron chi connectivity index (χ3n) is 1.68. The average molecular weight is 217 g/mol. The zero-order chi connectivity index (χ0) is 10.1. The number of hydrogen-bond donors (Lipinski definition) is 1. The lowest BCUT2D eigenvalue weighted by atomic mass is 10.3. The van der Waals surface area contributed by atoms with Crippen LogP contribution in [-0.4, -0.2) is 11.0 Å². The maximum atomic E-state index is 11.8. The topological polar surface area (TPSA) is 42.1 Å². The molecule has 0 fully saturated rings. The molecule has 3 nitrogen and oxygen atoms in total. The molecule has 74 valence electrons. The van der Waals surface area contributed by atoms with Gasteiger partial charge in [0.1, 0.15) is 5.75 Å². The average Bonchev–Trinajstić information content (AvgIpc) is 2.46. The van der Waals surface area contributed by atoms with Gasteiger partial charge in [-0.2, -0.15) is 8.78 Å². The molecule has 0 saturated carbocycles. The summed E-state index contributed by atoms with van der Waals surface area (Å²) in [6.45, 7) is -2.84. The van der Waals surface area contributed by atoms with E-state index in [-0.39, 0.29) is 11.3 Å². The second-order valence-corrected chi connectivity index (χ2v) is 3.42. The monoisotopic (exact) mass is 217 g/mol. The van der Waals surface area contributed by atoms with Gasteiger partial charge in [-0.25, -0.2) is 0 Å². The summed E-state index contributed by atoms with van der Waals surface area (Å²) >= 11 is 1.09. The van der Waals surface area contributed by atoms with Crippen molar-refractivity contribution in [3.05, 3.63) is 28.6 Å². The fraction of sp³-hybridized carbons (Fsp3) is 0.125. The van der Waals surface area contributed by atoms with E-state index in [0.29, 0.717) is 10.1 Å². The van der Waals surface area contributed by atoms with E-state index in [1.54, 1.807) is 0 Å². The highest BCUT2D eigenvalue weighted by Crippen LogP contribution is 2.22. The van der Waals surface area contributed by atoms with Crippen molar-refractivity contribution in [3.63, 3.8) is 0 Å². The predicted octanol–water partition coefficient (Wildman–Crippen LogP) is 2.19. The first-order valence-electron chi connectivity index (χ1n) is 3.73. The van der Waals surface area contributed by atoms with E-state index >= 15 is 0 Å². The lowest BCUT2D eigenvalue weighted by molar-refractivity contribution is -0.0497. The molecule has 0 bridgehead atoms. The normalized spacial score (nSPS) is 11.1. The first-order valence-corrected chi connectivity index (χ1v) is 4.54. The molecule has 2 rings (SSSR count). The molecule has 0 radical (unpaired) electrons. The maximum absolute atomic E-state index is 11.8. The molecule has 0 aliphatic rings. The van der Waals surface area contributed by atoms with Gasteiger partial charge in [-0.3, -0.25) is 9.17 Å². The first-order chi connectivity index (χ1) is 6.66. The van der Waals surface area contributed by atoms with E-state index in [9.17, 15) is 13.6 Å². The second kappa shape index (κ2) is 3.38. The summed E-state index contributed by atoms with van der Waals surface area (Å²) in [6.07, 6.45) is 0. The van der Waals surface area contributed by atoms with Crippen LogP contribution in [0, 0.1) is 0 Å². The molecule has 0 atom stereocenters. The number of H-pyrrole nitrogens is 1. The number of aromatic nitrogens is 1. The van der Waals surface area contributed by atoms with Crippen LogP contribution in [-0.2, 0) is 0 Å². The van der Waals surface area contributed by atoms with Crippen molar-refractivity contribution in [1.29, 1.82) is 0 Å². The Labute approximate surface area is 81.1 Å². The van der Waals surface area contributed by atoms with E-state index in [1.165, 1.54) is 18.2 Å². The molecular formula is C8H5F2NO2S. The van der Waals surface area contributed by atoms with Crippen LogP contribution in [0.2, 0.25) is 0 Å². The van der Waals surface area contributed by atoms with Gasteiger partial charge in [-0.05, 0) is 18.2 Å². The molecule has 14 heavy (non-hydrogen) atoms. The fourth-order valence-corrected chi connectivity index (χ4v) is 1.87. The number of nitrogens with one attached hydrogen (secondary N) is 1. The lowest BCUT2D eigenvalue weighted by Crippen LogP contribution is -2.01. The van der Waals surface area contributed by atoms with E-state index in [0.717, 1.165) is 11.5 Å². The number of benzene rings is 1. The first kappa shape index (κ1) is 9.14. The van der Waals surface area contributed by atoms with E-state index in [1.807, 2.05) is 0 Å². The summed E-state index contributed by atoms with van der Waals surface area (Å²) < 4.78 is 31.0. The number of fused-ring (bicyclic) bond motifs is 1. The molecule has 6 heteroatoms. The molecule has 1 heterocycles. The van der Waals surface area contributed by atoms with Crippen molar-refractivity contribution < 1.29 is 13.5 Å². The van der Waals surface area contributed by atoms with Crippen molar-refractivity contribution in [3.8, 4) is 5.75 Å². The van der Waals surface area contributed by atoms with Crippen LogP contribution < -0.4 is 10.3 Å². The van der Waals surface area contributed by atoms with E-state index in [2.05, 4.69) is 9.11 Å². The van der Waals surface area contributed by atoms with Crippen LogP contribution in [0.4, 0.5) is 8.78 Å². The van der Waals surface area contributed by atoms with Crippen molar-refractivity contribution in [2.45, 2.75) is 6.61 Å². The molecule has 1 aromatic heterocycles. The largest absolute Gasteiger partial charge is 0.435 e. The third kappa shape index (κ3) is 1.60. The van der Waals surface area contributed by atoms with Gasteiger partial charge >= 0.3 is 6.61 Å². The van der Waals surface area contributed by atoms with Gasteiger partial charge in [0.25, 0.3) is 5.56 Å². The number of alkyl halides is 2. The Hall–Kier alpha value is -1.43. The molecule has 0 aliphatic heterocycles.